The largest absolute Gasteiger partial charge is 0.301 e. The molecule has 0 amide bonds. The van der Waals surface area contributed by atoms with Gasteiger partial charge in [-0.3, -0.25) is 5.32 Å². The van der Waals surface area contributed by atoms with Gasteiger partial charge in [0.25, 0.3) is 0 Å². The third-order valence-corrected chi connectivity index (χ3v) is 3.32. The van der Waals surface area contributed by atoms with Crippen LogP contribution in [0.15, 0.2) is 0 Å². The van der Waals surface area contributed by atoms with Crippen LogP contribution in [-0.2, 0) is 0 Å². The number of nitrogens with one attached hydrogen (secondary N) is 1. The summed E-state index contributed by atoms with van der Waals surface area (Å²) in [7, 11) is 0. The summed E-state index contributed by atoms with van der Waals surface area (Å²) < 4.78 is 0. The summed E-state index contributed by atoms with van der Waals surface area (Å²) in [6.07, 6.45) is 4.16. The van der Waals surface area contributed by atoms with Gasteiger partial charge in [-0.1, -0.05) is 13.3 Å². The summed E-state index contributed by atoms with van der Waals surface area (Å²) in [5.41, 5.74) is 0. The molecule has 0 aliphatic heterocycles. The van der Waals surface area contributed by atoms with Gasteiger partial charge in [0.2, 0.25) is 0 Å². The van der Waals surface area contributed by atoms with Crippen molar-refractivity contribution < 1.29 is 0 Å². The lowest BCUT2D eigenvalue weighted by atomic mass is 9.85. The van der Waals surface area contributed by atoms with E-state index in [1.807, 2.05) is 0 Å². The first-order chi connectivity index (χ1) is 7.65. The van der Waals surface area contributed by atoms with Crippen LogP contribution in [0.5, 0.6) is 0 Å². The molecule has 16 heavy (non-hydrogen) atoms. The van der Waals surface area contributed by atoms with E-state index in [4.69, 9.17) is 5.26 Å². The van der Waals surface area contributed by atoms with E-state index in [9.17, 15) is 0 Å². The number of nitriles is 1. The molecule has 3 nitrogen and oxygen atoms in total. The smallest absolute Gasteiger partial charge is 0.108 e. The van der Waals surface area contributed by atoms with Gasteiger partial charge in [0.05, 0.1) is 6.07 Å². The zero-order chi connectivity index (χ0) is 12.0. The molecule has 1 unspecified atom stereocenters. The Morgan fingerprint density at radius 3 is 2.50 bits per heavy atom. The molecule has 0 saturated heterocycles. The Kier molecular flexibility index (Phi) is 5.79. The summed E-state index contributed by atoms with van der Waals surface area (Å²) >= 11 is 0. The number of nitrogens with zero attached hydrogens (tertiary/aromatic N) is 2. The van der Waals surface area contributed by atoms with Gasteiger partial charge >= 0.3 is 0 Å². The zero-order valence-corrected chi connectivity index (χ0v) is 10.9. The second-order valence-electron chi connectivity index (χ2n) is 5.15. The summed E-state index contributed by atoms with van der Waals surface area (Å²) in [5, 5.41) is 12.4. The van der Waals surface area contributed by atoms with Crippen molar-refractivity contribution in [1.29, 1.82) is 5.26 Å². The van der Waals surface area contributed by atoms with Gasteiger partial charge in [-0.15, -0.1) is 0 Å². The van der Waals surface area contributed by atoms with Crippen LogP contribution in [0.3, 0.4) is 0 Å². The number of hydrogen-bond donors (Lipinski definition) is 1. The third-order valence-electron chi connectivity index (χ3n) is 3.32. The average molecular weight is 223 g/mol. The first-order valence-corrected chi connectivity index (χ1v) is 6.53. The highest BCUT2D eigenvalue weighted by molar-refractivity contribution is 4.93. The third kappa shape index (κ3) is 4.51. The molecule has 92 valence electrons. The maximum absolute atomic E-state index is 9.09. The molecule has 0 radical (unpaired) electrons. The van der Waals surface area contributed by atoms with E-state index in [0.717, 1.165) is 19.0 Å². The van der Waals surface area contributed by atoms with Crippen molar-refractivity contribution in [2.45, 2.75) is 52.1 Å². The lowest BCUT2D eigenvalue weighted by molar-refractivity contribution is 0.176. The van der Waals surface area contributed by atoms with Crippen molar-refractivity contribution >= 4 is 0 Å². The van der Waals surface area contributed by atoms with Crippen molar-refractivity contribution in [3.05, 3.63) is 0 Å². The maximum Gasteiger partial charge on any atom is 0.108 e. The number of hydrogen-bond acceptors (Lipinski definition) is 3. The number of rotatable bonds is 7. The Morgan fingerprint density at radius 1 is 1.44 bits per heavy atom. The van der Waals surface area contributed by atoms with Gasteiger partial charge in [-0.25, -0.2) is 0 Å². The molecule has 0 aromatic rings. The molecule has 1 N–H and O–H groups in total. The molecule has 0 bridgehead atoms. The van der Waals surface area contributed by atoms with Crippen LogP contribution in [0.25, 0.3) is 0 Å². The molecule has 0 heterocycles. The highest BCUT2D eigenvalue weighted by atomic mass is 15.1. The average Bonchev–Trinajstić information content (AvgIpc) is 2.19. The Morgan fingerprint density at radius 2 is 2.12 bits per heavy atom. The zero-order valence-electron chi connectivity index (χ0n) is 10.9. The highest BCUT2D eigenvalue weighted by Gasteiger charge is 2.21. The molecule has 3 heteroatoms. The summed E-state index contributed by atoms with van der Waals surface area (Å²) in [5.74, 6) is 0.887. The summed E-state index contributed by atoms with van der Waals surface area (Å²) in [6, 6.07) is 2.71. The van der Waals surface area contributed by atoms with Gasteiger partial charge in [-0.2, -0.15) is 5.26 Å². The molecular weight excluding hydrogens is 198 g/mol. The van der Waals surface area contributed by atoms with E-state index >= 15 is 0 Å². The Balaban J connectivity index is 2.31. The first kappa shape index (κ1) is 13.5. The minimum absolute atomic E-state index is 0.0278. The maximum atomic E-state index is 9.09. The minimum Gasteiger partial charge on any atom is -0.301 e. The van der Waals surface area contributed by atoms with Crippen LogP contribution in [0, 0.1) is 17.2 Å². The molecule has 0 aromatic heterocycles. The van der Waals surface area contributed by atoms with E-state index < -0.39 is 0 Å². The summed E-state index contributed by atoms with van der Waals surface area (Å²) in [6.45, 7) is 9.45. The second kappa shape index (κ2) is 6.88. The van der Waals surface area contributed by atoms with Crippen molar-refractivity contribution in [3.63, 3.8) is 0 Å². The molecule has 1 aliphatic rings. The van der Waals surface area contributed by atoms with Crippen LogP contribution < -0.4 is 5.32 Å². The second-order valence-corrected chi connectivity index (χ2v) is 5.15. The fraction of sp³-hybridized carbons (Fsp3) is 0.923. The lowest BCUT2D eigenvalue weighted by Crippen LogP contribution is -2.45. The van der Waals surface area contributed by atoms with Gasteiger partial charge < -0.3 is 4.90 Å². The van der Waals surface area contributed by atoms with Crippen molar-refractivity contribution in [3.8, 4) is 6.07 Å². The van der Waals surface area contributed by atoms with Crippen molar-refractivity contribution in [2.75, 3.05) is 19.6 Å². The molecule has 0 spiro atoms. The molecule has 0 aromatic carbocycles. The van der Waals surface area contributed by atoms with Gasteiger partial charge in [0.15, 0.2) is 0 Å². The van der Waals surface area contributed by atoms with E-state index in [1.165, 1.54) is 25.8 Å². The van der Waals surface area contributed by atoms with Gasteiger partial charge in [-0.05, 0) is 39.2 Å². The normalized spacial score (nSPS) is 18.5. The lowest BCUT2D eigenvalue weighted by Gasteiger charge is -2.33. The van der Waals surface area contributed by atoms with Crippen LogP contribution in [0.4, 0.5) is 0 Å². The summed E-state index contributed by atoms with van der Waals surface area (Å²) in [4.78, 5) is 2.41. The standard InChI is InChI=1S/C13H25N3/c1-4-16(9-12-6-5-7-12)10-13(8-14)15-11(2)3/h11-13,15H,4-7,9-10H2,1-3H3. The monoisotopic (exact) mass is 223 g/mol. The molecular formula is C13H25N3. The van der Waals surface area contributed by atoms with E-state index in [-0.39, 0.29) is 6.04 Å². The minimum atomic E-state index is -0.0278. The van der Waals surface area contributed by atoms with Gasteiger partial charge in [0, 0.05) is 19.1 Å². The fourth-order valence-corrected chi connectivity index (χ4v) is 2.16. The first-order valence-electron chi connectivity index (χ1n) is 6.53. The predicted molar refractivity (Wildman–Crippen MR) is 67.1 cm³/mol. The Bertz CT molecular complexity index is 228. The molecule has 1 saturated carbocycles. The highest BCUT2D eigenvalue weighted by Crippen LogP contribution is 2.26. The van der Waals surface area contributed by atoms with Crippen molar-refractivity contribution in [1.82, 2.24) is 10.2 Å². The molecule has 1 aliphatic carbocycles. The predicted octanol–water partition coefficient (Wildman–Crippen LogP) is 2.00. The SMILES string of the molecule is CCN(CC1CCC1)CC(C#N)NC(C)C. The van der Waals surface area contributed by atoms with Gasteiger partial charge in [0.1, 0.15) is 6.04 Å². The molecule has 1 fully saturated rings. The van der Waals surface area contributed by atoms with E-state index in [1.54, 1.807) is 0 Å². The van der Waals surface area contributed by atoms with E-state index in [0.29, 0.717) is 6.04 Å². The Hall–Kier alpha value is -0.590. The molecule has 1 atom stereocenters. The van der Waals surface area contributed by atoms with Crippen LogP contribution in [0.1, 0.15) is 40.0 Å². The van der Waals surface area contributed by atoms with Crippen LogP contribution in [0.2, 0.25) is 0 Å². The molecule has 1 rings (SSSR count). The number of likely N-dealkylation sites (N-methyl/N-ethyl adjacent to an activating group) is 1. The fourth-order valence-electron chi connectivity index (χ4n) is 2.16. The topological polar surface area (TPSA) is 39.1 Å². The van der Waals surface area contributed by atoms with Crippen LogP contribution in [-0.4, -0.2) is 36.6 Å². The Labute approximate surface area is 99.8 Å². The van der Waals surface area contributed by atoms with Crippen molar-refractivity contribution in [2.24, 2.45) is 5.92 Å². The quantitative estimate of drug-likeness (QED) is 0.717. The van der Waals surface area contributed by atoms with E-state index in [2.05, 4.69) is 37.1 Å². The van der Waals surface area contributed by atoms with Crippen LogP contribution >= 0.6 is 0 Å².